The summed E-state index contributed by atoms with van der Waals surface area (Å²) in [5, 5.41) is 0. The molecule has 3 heteroatoms. The van der Waals surface area contributed by atoms with Gasteiger partial charge >= 0.3 is 5.97 Å². The van der Waals surface area contributed by atoms with Crippen LogP contribution in [-0.4, -0.2) is 18.4 Å². The zero-order chi connectivity index (χ0) is 21.0. The van der Waals surface area contributed by atoms with Crippen molar-refractivity contribution in [3.63, 3.8) is 0 Å². The molecule has 0 amide bonds. The lowest BCUT2D eigenvalue weighted by Crippen LogP contribution is -2.13. The Hall–Kier alpha value is -1.90. The number of ether oxygens (including phenoxy) is 1. The average Bonchev–Trinajstić information content (AvgIpc) is 2.75. The molecule has 0 fully saturated rings. The Kier molecular flexibility index (Phi) is 15.7. The van der Waals surface area contributed by atoms with Gasteiger partial charge in [-0.2, -0.15) is 0 Å². The van der Waals surface area contributed by atoms with Crippen molar-refractivity contribution in [2.24, 2.45) is 0 Å². The van der Waals surface area contributed by atoms with Crippen LogP contribution in [0.2, 0.25) is 0 Å². The Labute approximate surface area is 177 Å². The first kappa shape index (κ1) is 25.1. The molecule has 1 rings (SSSR count). The molecule has 0 unspecified atom stereocenters. The lowest BCUT2D eigenvalue weighted by atomic mass is 10.1. The SMILES string of the molecule is CCCCCC/C=C\CCCCCCCCCC(=O)OCC(=O)c1ccccc1. The number of esters is 1. The second kappa shape index (κ2) is 18.1. The third-order valence-electron chi connectivity index (χ3n) is 5.10. The topological polar surface area (TPSA) is 43.4 Å². The Morgan fingerprint density at radius 2 is 1.31 bits per heavy atom. The number of unbranched alkanes of at least 4 members (excludes halogenated alkanes) is 11. The van der Waals surface area contributed by atoms with E-state index < -0.39 is 0 Å². The highest BCUT2D eigenvalue weighted by Crippen LogP contribution is 2.11. The highest BCUT2D eigenvalue weighted by Gasteiger charge is 2.09. The van der Waals surface area contributed by atoms with E-state index in [-0.39, 0.29) is 18.4 Å². The highest BCUT2D eigenvalue weighted by atomic mass is 16.5. The van der Waals surface area contributed by atoms with Crippen LogP contribution in [0.15, 0.2) is 42.5 Å². The number of rotatable bonds is 18. The fraction of sp³-hybridized carbons (Fsp3) is 0.615. The van der Waals surface area contributed by atoms with E-state index in [4.69, 9.17) is 4.74 Å². The summed E-state index contributed by atoms with van der Waals surface area (Å²) in [5.41, 5.74) is 0.586. The summed E-state index contributed by atoms with van der Waals surface area (Å²) >= 11 is 0. The van der Waals surface area contributed by atoms with E-state index >= 15 is 0 Å². The molecule has 0 aromatic heterocycles. The Balaban J connectivity index is 1.86. The zero-order valence-corrected chi connectivity index (χ0v) is 18.4. The fourth-order valence-electron chi connectivity index (χ4n) is 3.27. The Morgan fingerprint density at radius 1 is 0.759 bits per heavy atom. The van der Waals surface area contributed by atoms with Crippen LogP contribution in [0.25, 0.3) is 0 Å². The molecule has 3 nitrogen and oxygen atoms in total. The quantitative estimate of drug-likeness (QED) is 0.111. The molecule has 0 saturated carbocycles. The molecule has 0 bridgehead atoms. The van der Waals surface area contributed by atoms with Crippen molar-refractivity contribution in [2.75, 3.05) is 6.61 Å². The van der Waals surface area contributed by atoms with Gasteiger partial charge in [-0.3, -0.25) is 9.59 Å². The van der Waals surface area contributed by atoms with Crippen molar-refractivity contribution >= 4 is 11.8 Å². The summed E-state index contributed by atoms with van der Waals surface area (Å²) in [4.78, 5) is 23.6. The summed E-state index contributed by atoms with van der Waals surface area (Å²) < 4.78 is 5.08. The van der Waals surface area contributed by atoms with Gasteiger partial charge in [0.05, 0.1) is 0 Å². The largest absolute Gasteiger partial charge is 0.457 e. The minimum Gasteiger partial charge on any atom is -0.457 e. The van der Waals surface area contributed by atoms with Crippen LogP contribution in [0, 0.1) is 0 Å². The maximum Gasteiger partial charge on any atom is 0.306 e. The minimum atomic E-state index is -0.268. The van der Waals surface area contributed by atoms with Gasteiger partial charge in [0.25, 0.3) is 0 Å². The van der Waals surface area contributed by atoms with Crippen molar-refractivity contribution < 1.29 is 14.3 Å². The van der Waals surface area contributed by atoms with Gasteiger partial charge in [-0.05, 0) is 32.1 Å². The third kappa shape index (κ3) is 14.7. The van der Waals surface area contributed by atoms with Crippen molar-refractivity contribution in [3.05, 3.63) is 48.0 Å². The number of carbonyl (C=O) groups is 2. The van der Waals surface area contributed by atoms with Crippen LogP contribution in [0.5, 0.6) is 0 Å². The van der Waals surface area contributed by atoms with Crippen LogP contribution >= 0.6 is 0 Å². The summed E-state index contributed by atoms with van der Waals surface area (Å²) in [5.74, 6) is -0.416. The van der Waals surface area contributed by atoms with E-state index in [0.717, 1.165) is 12.8 Å². The van der Waals surface area contributed by atoms with Crippen molar-refractivity contribution in [3.8, 4) is 0 Å². The molecular weight excluding hydrogens is 360 g/mol. The van der Waals surface area contributed by atoms with Gasteiger partial charge < -0.3 is 4.74 Å². The molecule has 0 N–H and O–H groups in total. The first-order valence-corrected chi connectivity index (χ1v) is 11.6. The molecule has 0 aliphatic heterocycles. The molecule has 0 aliphatic carbocycles. The van der Waals surface area contributed by atoms with E-state index in [9.17, 15) is 9.59 Å². The Morgan fingerprint density at radius 3 is 1.93 bits per heavy atom. The molecule has 0 atom stereocenters. The normalized spacial score (nSPS) is 11.1. The van der Waals surface area contributed by atoms with Gasteiger partial charge in [-0.1, -0.05) is 101 Å². The maximum absolute atomic E-state index is 11.9. The van der Waals surface area contributed by atoms with Gasteiger partial charge in [0.15, 0.2) is 12.4 Å². The van der Waals surface area contributed by atoms with Gasteiger partial charge in [0, 0.05) is 12.0 Å². The van der Waals surface area contributed by atoms with Crippen LogP contribution in [0.3, 0.4) is 0 Å². The number of ketones is 1. The van der Waals surface area contributed by atoms with Crippen molar-refractivity contribution in [1.29, 1.82) is 0 Å². The van der Waals surface area contributed by atoms with E-state index in [1.807, 2.05) is 6.07 Å². The van der Waals surface area contributed by atoms with Crippen molar-refractivity contribution in [1.82, 2.24) is 0 Å². The van der Waals surface area contributed by atoms with Crippen LogP contribution in [0.1, 0.15) is 107 Å². The molecule has 162 valence electrons. The lowest BCUT2D eigenvalue weighted by molar-refractivity contribution is -0.142. The smallest absolute Gasteiger partial charge is 0.306 e. The molecule has 29 heavy (non-hydrogen) atoms. The first-order valence-electron chi connectivity index (χ1n) is 11.6. The lowest BCUT2D eigenvalue weighted by Gasteiger charge is -2.05. The number of Topliss-reactive ketones (excluding diaryl/α,β-unsaturated/α-hetero) is 1. The molecule has 1 aromatic carbocycles. The molecule has 0 spiro atoms. The standard InChI is InChI=1S/C26H40O3/c1-2-3-4-5-6-7-8-9-10-11-12-13-14-15-19-22-26(28)29-23-25(27)24-20-17-16-18-21-24/h7-8,16-18,20-21H,2-6,9-15,19,22-23H2,1H3/b8-7-. The molecular formula is C26H40O3. The second-order valence-corrected chi connectivity index (χ2v) is 7.78. The van der Waals surface area contributed by atoms with Crippen LogP contribution in [0.4, 0.5) is 0 Å². The monoisotopic (exact) mass is 400 g/mol. The summed E-state index contributed by atoms with van der Waals surface area (Å²) in [6, 6.07) is 8.95. The number of hydrogen-bond acceptors (Lipinski definition) is 3. The number of carbonyl (C=O) groups excluding carboxylic acids is 2. The summed E-state index contributed by atoms with van der Waals surface area (Å²) in [6.07, 6.45) is 21.1. The predicted molar refractivity (Wildman–Crippen MR) is 121 cm³/mol. The van der Waals surface area contributed by atoms with Crippen molar-refractivity contribution in [2.45, 2.75) is 96.8 Å². The fourth-order valence-corrected chi connectivity index (χ4v) is 3.27. The second-order valence-electron chi connectivity index (χ2n) is 7.78. The molecule has 0 heterocycles. The minimum absolute atomic E-state index is 0.148. The number of hydrogen-bond donors (Lipinski definition) is 0. The third-order valence-corrected chi connectivity index (χ3v) is 5.10. The van der Waals surface area contributed by atoms with Gasteiger partial charge in [-0.25, -0.2) is 0 Å². The Bertz CT molecular complexity index is 563. The molecule has 1 aromatic rings. The maximum atomic E-state index is 11.9. The molecule has 0 aliphatic rings. The van der Waals surface area contributed by atoms with Gasteiger partial charge in [-0.15, -0.1) is 0 Å². The van der Waals surface area contributed by atoms with Gasteiger partial charge in [0.2, 0.25) is 0 Å². The van der Waals surface area contributed by atoms with E-state index in [0.29, 0.717) is 12.0 Å². The average molecular weight is 401 g/mol. The van der Waals surface area contributed by atoms with Crippen LogP contribution < -0.4 is 0 Å². The number of allylic oxidation sites excluding steroid dienone is 2. The molecule has 0 saturated heterocycles. The summed E-state index contributed by atoms with van der Waals surface area (Å²) in [6.45, 7) is 2.09. The zero-order valence-electron chi connectivity index (χ0n) is 18.4. The first-order chi connectivity index (χ1) is 14.2. The van der Waals surface area contributed by atoms with Gasteiger partial charge in [0.1, 0.15) is 0 Å². The van der Waals surface area contributed by atoms with E-state index in [1.54, 1.807) is 24.3 Å². The number of benzene rings is 1. The van der Waals surface area contributed by atoms with E-state index in [1.165, 1.54) is 70.6 Å². The van der Waals surface area contributed by atoms with Crippen LogP contribution in [-0.2, 0) is 9.53 Å². The predicted octanol–water partition coefficient (Wildman–Crippen LogP) is 7.45. The highest BCUT2D eigenvalue weighted by molar-refractivity contribution is 5.97. The van der Waals surface area contributed by atoms with E-state index in [2.05, 4.69) is 19.1 Å². The molecule has 0 radical (unpaired) electrons. The summed E-state index contributed by atoms with van der Waals surface area (Å²) in [7, 11) is 0.